The Hall–Kier alpha value is -2.29. The fraction of sp³-hybridized carbons (Fsp3) is 0.235. The van der Waals surface area contributed by atoms with Crippen LogP contribution in [0.1, 0.15) is 33.8 Å². The quantitative estimate of drug-likeness (QED) is 0.878. The summed E-state index contributed by atoms with van der Waals surface area (Å²) in [5, 5.41) is 3.46. The van der Waals surface area contributed by atoms with Gasteiger partial charge < -0.3 is 11.1 Å². The number of hydrogen-bond donors (Lipinski definition) is 2. The lowest BCUT2D eigenvalue weighted by molar-refractivity contribution is 0.100. The maximum atomic E-state index is 11.3. The van der Waals surface area contributed by atoms with Crippen molar-refractivity contribution in [2.45, 2.75) is 18.8 Å². The van der Waals surface area contributed by atoms with Crippen LogP contribution in [0, 0.1) is 0 Å². The zero-order chi connectivity index (χ0) is 13.9. The number of rotatable bonds is 2. The first-order valence-corrected chi connectivity index (χ1v) is 6.95. The van der Waals surface area contributed by atoms with E-state index >= 15 is 0 Å². The SMILES string of the molecule is NC(=O)c1ccc2c(c1)NCC(c1ccccc1)CC2. The molecule has 3 N–H and O–H groups in total. The minimum atomic E-state index is -0.376. The van der Waals surface area contributed by atoms with Crippen LogP contribution in [0.25, 0.3) is 0 Å². The summed E-state index contributed by atoms with van der Waals surface area (Å²) < 4.78 is 0. The van der Waals surface area contributed by atoms with Crippen molar-refractivity contribution in [1.29, 1.82) is 0 Å². The van der Waals surface area contributed by atoms with Gasteiger partial charge in [0, 0.05) is 23.7 Å². The molecule has 1 atom stereocenters. The lowest BCUT2D eigenvalue weighted by Crippen LogP contribution is -2.13. The Morgan fingerprint density at radius 3 is 2.70 bits per heavy atom. The van der Waals surface area contributed by atoms with E-state index < -0.39 is 0 Å². The van der Waals surface area contributed by atoms with Crippen molar-refractivity contribution in [1.82, 2.24) is 0 Å². The summed E-state index contributed by atoms with van der Waals surface area (Å²) in [5.41, 5.74) is 9.56. The van der Waals surface area contributed by atoms with Crippen LogP contribution in [0.15, 0.2) is 48.5 Å². The van der Waals surface area contributed by atoms with E-state index in [1.807, 2.05) is 24.3 Å². The number of benzene rings is 2. The zero-order valence-corrected chi connectivity index (χ0v) is 11.3. The molecule has 3 heteroatoms. The normalized spacial score (nSPS) is 17.7. The average Bonchev–Trinajstić information content (AvgIpc) is 2.70. The fourth-order valence-electron chi connectivity index (χ4n) is 2.79. The summed E-state index contributed by atoms with van der Waals surface area (Å²) in [6, 6.07) is 16.2. The van der Waals surface area contributed by atoms with E-state index in [2.05, 4.69) is 29.6 Å². The van der Waals surface area contributed by atoms with Crippen molar-refractivity contribution in [3.8, 4) is 0 Å². The fourth-order valence-corrected chi connectivity index (χ4v) is 2.79. The number of anilines is 1. The summed E-state index contributed by atoms with van der Waals surface area (Å²) in [4.78, 5) is 11.3. The molecule has 2 aromatic carbocycles. The van der Waals surface area contributed by atoms with Gasteiger partial charge in [-0.3, -0.25) is 4.79 Å². The third kappa shape index (κ3) is 2.52. The van der Waals surface area contributed by atoms with Gasteiger partial charge in [0.15, 0.2) is 0 Å². The van der Waals surface area contributed by atoms with E-state index in [9.17, 15) is 4.79 Å². The largest absolute Gasteiger partial charge is 0.384 e. The Morgan fingerprint density at radius 2 is 1.95 bits per heavy atom. The van der Waals surface area contributed by atoms with Crippen molar-refractivity contribution >= 4 is 11.6 Å². The van der Waals surface area contributed by atoms with E-state index in [1.54, 1.807) is 0 Å². The molecule has 3 nitrogen and oxygen atoms in total. The number of nitrogens with one attached hydrogen (secondary N) is 1. The van der Waals surface area contributed by atoms with Crippen molar-refractivity contribution in [3.05, 3.63) is 65.2 Å². The van der Waals surface area contributed by atoms with E-state index in [4.69, 9.17) is 5.73 Å². The molecule has 1 aliphatic heterocycles. The summed E-state index contributed by atoms with van der Waals surface area (Å²) in [7, 11) is 0. The van der Waals surface area contributed by atoms with Crippen LogP contribution in [0.2, 0.25) is 0 Å². The van der Waals surface area contributed by atoms with Crippen LogP contribution in [-0.4, -0.2) is 12.5 Å². The summed E-state index contributed by atoms with van der Waals surface area (Å²) in [5.74, 6) is 0.124. The lowest BCUT2D eigenvalue weighted by atomic mass is 9.93. The Labute approximate surface area is 118 Å². The van der Waals surface area contributed by atoms with E-state index in [-0.39, 0.29) is 5.91 Å². The van der Waals surface area contributed by atoms with Crippen molar-refractivity contribution < 1.29 is 4.79 Å². The van der Waals surface area contributed by atoms with Gasteiger partial charge in [0.1, 0.15) is 0 Å². The van der Waals surface area contributed by atoms with Crippen LogP contribution in [0.3, 0.4) is 0 Å². The van der Waals surface area contributed by atoms with Gasteiger partial charge >= 0.3 is 0 Å². The molecule has 1 amide bonds. The van der Waals surface area contributed by atoms with E-state index in [1.165, 1.54) is 11.1 Å². The highest BCUT2D eigenvalue weighted by Crippen LogP contribution is 2.29. The first-order valence-electron chi connectivity index (χ1n) is 6.95. The molecule has 0 bridgehead atoms. The van der Waals surface area contributed by atoms with Gasteiger partial charge in [-0.2, -0.15) is 0 Å². The molecule has 1 unspecified atom stereocenters. The monoisotopic (exact) mass is 266 g/mol. The molecule has 0 aliphatic carbocycles. The standard InChI is InChI=1S/C17H18N2O/c18-17(20)14-8-6-13-7-9-15(11-19-16(13)10-14)12-4-2-1-3-5-12/h1-6,8,10,15,19H,7,9,11H2,(H2,18,20). The average molecular weight is 266 g/mol. The highest BCUT2D eigenvalue weighted by molar-refractivity contribution is 5.94. The maximum Gasteiger partial charge on any atom is 0.248 e. The van der Waals surface area contributed by atoms with Crippen LogP contribution in [-0.2, 0) is 6.42 Å². The molecule has 0 spiro atoms. The number of carbonyl (C=O) groups is 1. The molecule has 0 radical (unpaired) electrons. The molecule has 2 aromatic rings. The zero-order valence-electron chi connectivity index (χ0n) is 11.3. The van der Waals surface area contributed by atoms with Crippen molar-refractivity contribution in [3.63, 3.8) is 0 Å². The Kier molecular flexibility index (Phi) is 3.42. The van der Waals surface area contributed by atoms with Gasteiger partial charge in [0.05, 0.1) is 0 Å². The summed E-state index contributed by atoms with van der Waals surface area (Å²) in [6.07, 6.45) is 2.13. The number of nitrogens with two attached hydrogens (primary N) is 1. The van der Waals surface area contributed by atoms with Crippen LogP contribution < -0.4 is 11.1 Å². The van der Waals surface area contributed by atoms with Crippen LogP contribution >= 0.6 is 0 Å². The predicted octanol–water partition coefficient (Wildman–Crippen LogP) is 2.93. The van der Waals surface area contributed by atoms with E-state index in [0.29, 0.717) is 11.5 Å². The van der Waals surface area contributed by atoms with Crippen LogP contribution in [0.4, 0.5) is 5.69 Å². The topological polar surface area (TPSA) is 55.1 Å². The Balaban J connectivity index is 1.83. The van der Waals surface area contributed by atoms with Gasteiger partial charge in [-0.15, -0.1) is 0 Å². The van der Waals surface area contributed by atoms with Gasteiger partial charge in [0.25, 0.3) is 0 Å². The second-order valence-corrected chi connectivity index (χ2v) is 5.26. The molecule has 0 fully saturated rings. The molecular weight excluding hydrogens is 248 g/mol. The molecule has 20 heavy (non-hydrogen) atoms. The first kappa shape index (κ1) is 12.7. The molecule has 1 aliphatic rings. The summed E-state index contributed by atoms with van der Waals surface area (Å²) in [6.45, 7) is 0.888. The Bertz CT molecular complexity index is 622. The van der Waals surface area contributed by atoms with Crippen LogP contribution in [0.5, 0.6) is 0 Å². The lowest BCUT2D eigenvalue weighted by Gasteiger charge is -2.14. The number of carbonyl (C=O) groups excluding carboxylic acids is 1. The number of hydrogen-bond acceptors (Lipinski definition) is 2. The third-order valence-electron chi connectivity index (χ3n) is 3.97. The van der Waals surface area contributed by atoms with Gasteiger partial charge in [-0.1, -0.05) is 36.4 Å². The van der Waals surface area contributed by atoms with Crippen molar-refractivity contribution in [2.24, 2.45) is 5.73 Å². The molecular formula is C17H18N2O. The Morgan fingerprint density at radius 1 is 1.15 bits per heavy atom. The summed E-state index contributed by atoms with van der Waals surface area (Å²) >= 11 is 0. The molecule has 0 saturated carbocycles. The molecule has 0 saturated heterocycles. The highest BCUT2D eigenvalue weighted by Gasteiger charge is 2.17. The molecule has 1 heterocycles. The predicted molar refractivity (Wildman–Crippen MR) is 81.0 cm³/mol. The highest BCUT2D eigenvalue weighted by atomic mass is 16.1. The first-order chi connectivity index (χ1) is 9.74. The maximum absolute atomic E-state index is 11.3. The number of primary amides is 1. The minimum Gasteiger partial charge on any atom is -0.384 e. The molecule has 3 rings (SSSR count). The third-order valence-corrected chi connectivity index (χ3v) is 3.97. The number of amides is 1. The van der Waals surface area contributed by atoms with Crippen molar-refractivity contribution in [2.75, 3.05) is 11.9 Å². The van der Waals surface area contributed by atoms with Gasteiger partial charge in [0.2, 0.25) is 5.91 Å². The molecule has 0 aromatic heterocycles. The molecule has 102 valence electrons. The number of fused-ring (bicyclic) bond motifs is 1. The smallest absolute Gasteiger partial charge is 0.248 e. The second kappa shape index (κ2) is 5.37. The number of aryl methyl sites for hydroxylation is 1. The van der Waals surface area contributed by atoms with E-state index in [0.717, 1.165) is 25.1 Å². The van der Waals surface area contributed by atoms with Gasteiger partial charge in [-0.25, -0.2) is 0 Å². The van der Waals surface area contributed by atoms with Gasteiger partial charge in [-0.05, 0) is 36.1 Å². The second-order valence-electron chi connectivity index (χ2n) is 5.26. The minimum absolute atomic E-state index is 0.376.